The predicted octanol–water partition coefficient (Wildman–Crippen LogP) is 3.65. The fourth-order valence-electron chi connectivity index (χ4n) is 4.44. The van der Waals surface area contributed by atoms with E-state index in [1.807, 2.05) is 30.0 Å². The smallest absolute Gasteiger partial charge is 0.246 e. The zero-order valence-electron chi connectivity index (χ0n) is 16.8. The van der Waals surface area contributed by atoms with Gasteiger partial charge in [0.05, 0.1) is 0 Å². The lowest BCUT2D eigenvalue weighted by atomic mass is 9.93. The summed E-state index contributed by atoms with van der Waals surface area (Å²) in [4.78, 5) is 14.4. The first-order chi connectivity index (χ1) is 14.3. The Labute approximate surface area is 175 Å². The molecule has 0 unspecified atom stereocenters. The molecule has 0 bridgehead atoms. The molecular formula is C22H24F2N2O3S. The molecular weight excluding hydrogens is 410 g/mol. The third-order valence-electron chi connectivity index (χ3n) is 6.00. The first kappa shape index (κ1) is 20.9. The summed E-state index contributed by atoms with van der Waals surface area (Å²) in [7, 11) is -4.15. The summed E-state index contributed by atoms with van der Waals surface area (Å²) in [6.45, 7) is 2.85. The number of nitrogens with zero attached hydrogens (tertiary/aromatic N) is 2. The lowest BCUT2D eigenvalue weighted by Crippen LogP contribution is -2.46. The third-order valence-corrected chi connectivity index (χ3v) is 7.91. The van der Waals surface area contributed by atoms with Crippen LogP contribution in [0, 0.1) is 24.5 Å². The van der Waals surface area contributed by atoms with E-state index in [0.717, 1.165) is 46.1 Å². The molecule has 1 fully saturated rings. The lowest BCUT2D eigenvalue weighted by Gasteiger charge is -2.36. The summed E-state index contributed by atoms with van der Waals surface area (Å²) < 4.78 is 54.2. The predicted molar refractivity (Wildman–Crippen MR) is 110 cm³/mol. The molecule has 8 heteroatoms. The van der Waals surface area contributed by atoms with Crippen molar-refractivity contribution >= 4 is 21.6 Å². The number of rotatable bonds is 3. The molecule has 2 heterocycles. The van der Waals surface area contributed by atoms with Crippen molar-refractivity contribution < 1.29 is 22.0 Å². The number of benzene rings is 2. The highest BCUT2D eigenvalue weighted by Gasteiger charge is 2.36. The molecule has 4 rings (SSSR count). The quantitative estimate of drug-likeness (QED) is 0.741. The summed E-state index contributed by atoms with van der Waals surface area (Å²) in [5.74, 6) is -2.06. The second-order valence-corrected chi connectivity index (χ2v) is 9.84. The van der Waals surface area contributed by atoms with Crippen molar-refractivity contribution in [3.05, 3.63) is 59.2 Å². The second kappa shape index (κ2) is 8.07. The van der Waals surface area contributed by atoms with Gasteiger partial charge < -0.3 is 4.90 Å². The Bertz CT molecular complexity index is 1080. The Morgan fingerprint density at radius 1 is 1.07 bits per heavy atom. The van der Waals surface area contributed by atoms with Gasteiger partial charge in [-0.3, -0.25) is 4.79 Å². The molecule has 1 saturated heterocycles. The van der Waals surface area contributed by atoms with E-state index in [1.165, 1.54) is 0 Å². The van der Waals surface area contributed by atoms with Crippen molar-refractivity contribution in [1.82, 2.24) is 4.31 Å². The van der Waals surface area contributed by atoms with Crippen LogP contribution >= 0.6 is 0 Å². The molecule has 30 heavy (non-hydrogen) atoms. The van der Waals surface area contributed by atoms with Gasteiger partial charge in [0.2, 0.25) is 15.9 Å². The number of para-hydroxylation sites is 1. The topological polar surface area (TPSA) is 57.7 Å². The normalized spacial score (nSPS) is 18.3. The van der Waals surface area contributed by atoms with Crippen LogP contribution in [0.2, 0.25) is 0 Å². The molecule has 2 aliphatic heterocycles. The van der Waals surface area contributed by atoms with Gasteiger partial charge in [0.25, 0.3) is 0 Å². The molecule has 2 aliphatic rings. The van der Waals surface area contributed by atoms with Crippen LogP contribution in [-0.4, -0.2) is 38.3 Å². The zero-order valence-corrected chi connectivity index (χ0v) is 17.6. The molecule has 0 N–H and O–H groups in total. The van der Waals surface area contributed by atoms with Gasteiger partial charge in [-0.25, -0.2) is 17.2 Å². The number of anilines is 1. The minimum absolute atomic E-state index is 0.0132. The van der Waals surface area contributed by atoms with Gasteiger partial charge in [-0.1, -0.05) is 18.2 Å². The summed E-state index contributed by atoms with van der Waals surface area (Å²) in [6, 6.07) is 8.44. The summed E-state index contributed by atoms with van der Waals surface area (Å²) in [6.07, 6.45) is 2.55. The first-order valence-electron chi connectivity index (χ1n) is 10.1. The van der Waals surface area contributed by atoms with Crippen LogP contribution < -0.4 is 4.90 Å². The van der Waals surface area contributed by atoms with Gasteiger partial charge in [-0.05, 0) is 61.9 Å². The Hall–Kier alpha value is -2.32. The first-order valence-corrected chi connectivity index (χ1v) is 11.6. The van der Waals surface area contributed by atoms with Crippen LogP contribution in [0.25, 0.3) is 0 Å². The van der Waals surface area contributed by atoms with E-state index in [0.29, 0.717) is 25.5 Å². The Balaban J connectivity index is 1.49. The molecule has 0 atom stereocenters. The number of carbonyl (C=O) groups is 1. The Kier molecular flexibility index (Phi) is 5.63. The van der Waals surface area contributed by atoms with E-state index in [2.05, 4.69) is 0 Å². The minimum atomic E-state index is -4.15. The Morgan fingerprint density at radius 3 is 2.53 bits per heavy atom. The minimum Gasteiger partial charge on any atom is -0.312 e. The van der Waals surface area contributed by atoms with E-state index >= 15 is 0 Å². The molecule has 0 spiro atoms. The molecule has 0 radical (unpaired) electrons. The molecule has 2 aromatic carbocycles. The Morgan fingerprint density at radius 2 is 1.80 bits per heavy atom. The van der Waals surface area contributed by atoms with Crippen molar-refractivity contribution in [1.29, 1.82) is 0 Å². The highest BCUT2D eigenvalue weighted by molar-refractivity contribution is 7.89. The monoisotopic (exact) mass is 434 g/mol. The summed E-state index contributed by atoms with van der Waals surface area (Å²) in [5, 5.41) is 0. The zero-order chi connectivity index (χ0) is 21.5. The van der Waals surface area contributed by atoms with Crippen LogP contribution in [0.15, 0.2) is 41.3 Å². The van der Waals surface area contributed by atoms with E-state index in [4.69, 9.17) is 0 Å². The lowest BCUT2D eigenvalue weighted by molar-refractivity contribution is -0.123. The maximum atomic E-state index is 14.0. The van der Waals surface area contributed by atoms with Gasteiger partial charge in [0.1, 0.15) is 16.5 Å². The molecule has 2 aromatic rings. The van der Waals surface area contributed by atoms with E-state index in [1.54, 1.807) is 0 Å². The van der Waals surface area contributed by atoms with Crippen molar-refractivity contribution in [2.45, 2.75) is 37.5 Å². The van der Waals surface area contributed by atoms with Gasteiger partial charge in [-0.15, -0.1) is 0 Å². The number of hydrogen-bond donors (Lipinski definition) is 0. The van der Waals surface area contributed by atoms with Crippen molar-refractivity contribution in [2.24, 2.45) is 5.92 Å². The number of fused-ring (bicyclic) bond motifs is 1. The van der Waals surface area contributed by atoms with E-state index in [9.17, 15) is 22.0 Å². The summed E-state index contributed by atoms with van der Waals surface area (Å²) in [5.41, 5.74) is 3.20. The number of carbonyl (C=O) groups excluding carboxylic acids is 1. The molecule has 0 aromatic heterocycles. The van der Waals surface area contributed by atoms with Gasteiger partial charge in [0.15, 0.2) is 0 Å². The maximum absolute atomic E-state index is 14.0. The van der Waals surface area contributed by atoms with Gasteiger partial charge in [0, 0.05) is 31.2 Å². The van der Waals surface area contributed by atoms with Crippen molar-refractivity contribution in [3.63, 3.8) is 0 Å². The number of halogens is 2. The van der Waals surface area contributed by atoms with E-state index in [-0.39, 0.29) is 24.9 Å². The summed E-state index contributed by atoms with van der Waals surface area (Å²) >= 11 is 0. The molecule has 5 nitrogen and oxygen atoms in total. The maximum Gasteiger partial charge on any atom is 0.246 e. The average Bonchev–Trinajstić information content (AvgIpc) is 2.75. The van der Waals surface area contributed by atoms with Crippen molar-refractivity contribution in [2.75, 3.05) is 24.5 Å². The number of aryl methyl sites for hydroxylation is 2. The SMILES string of the molecule is Cc1cccc2c1N(C(=O)C1CCN(S(=O)(=O)c3cc(F)ccc3F)CC1)CCC2. The van der Waals surface area contributed by atoms with Crippen LogP contribution in [0.3, 0.4) is 0 Å². The molecule has 0 aliphatic carbocycles. The average molecular weight is 435 g/mol. The van der Waals surface area contributed by atoms with Crippen molar-refractivity contribution in [3.8, 4) is 0 Å². The fourth-order valence-corrected chi connectivity index (χ4v) is 5.99. The highest BCUT2D eigenvalue weighted by atomic mass is 32.2. The standard InChI is InChI=1S/C22H24F2N2O3S/c1-15-4-2-5-16-6-3-11-26(21(15)16)22(27)17-9-12-25(13-10-17)30(28,29)20-14-18(23)7-8-19(20)24/h2,4-5,7-8,14,17H,3,6,9-13H2,1H3. The number of piperidine rings is 1. The molecule has 1 amide bonds. The number of sulfonamides is 1. The van der Waals surface area contributed by atoms with Crippen LogP contribution in [0.5, 0.6) is 0 Å². The third kappa shape index (κ3) is 3.74. The van der Waals surface area contributed by atoms with Gasteiger partial charge >= 0.3 is 0 Å². The second-order valence-electron chi connectivity index (χ2n) is 7.93. The highest BCUT2D eigenvalue weighted by Crippen LogP contribution is 2.34. The fraction of sp³-hybridized carbons (Fsp3) is 0.409. The molecule has 160 valence electrons. The number of hydrogen-bond acceptors (Lipinski definition) is 3. The largest absolute Gasteiger partial charge is 0.312 e. The van der Waals surface area contributed by atoms with Gasteiger partial charge in [-0.2, -0.15) is 4.31 Å². The number of amides is 1. The van der Waals surface area contributed by atoms with Crippen LogP contribution in [-0.2, 0) is 21.2 Å². The molecule has 0 saturated carbocycles. The van der Waals surface area contributed by atoms with E-state index < -0.39 is 26.6 Å². The van der Waals surface area contributed by atoms with Crippen LogP contribution in [0.4, 0.5) is 14.5 Å². The van der Waals surface area contributed by atoms with Crippen LogP contribution in [0.1, 0.15) is 30.4 Å².